The molecule has 0 radical (unpaired) electrons. The van der Waals surface area contributed by atoms with Crippen LogP contribution in [-0.4, -0.2) is 25.4 Å². The lowest BCUT2D eigenvalue weighted by Gasteiger charge is -2.10. The zero-order chi connectivity index (χ0) is 25.6. The van der Waals surface area contributed by atoms with E-state index in [2.05, 4.69) is 15.4 Å². The van der Waals surface area contributed by atoms with E-state index in [0.717, 1.165) is 29.4 Å². The summed E-state index contributed by atoms with van der Waals surface area (Å²) in [7, 11) is 0. The van der Waals surface area contributed by atoms with Gasteiger partial charge in [-0.25, -0.2) is 9.50 Å². The van der Waals surface area contributed by atoms with Gasteiger partial charge in [0.25, 0.3) is 11.6 Å². The summed E-state index contributed by atoms with van der Waals surface area (Å²) in [5.74, 6) is -0.842. The van der Waals surface area contributed by atoms with Gasteiger partial charge in [-0.2, -0.15) is 18.3 Å². The molecule has 8 nitrogen and oxygen atoms in total. The number of non-ortho nitro benzene ring substituents is 1. The molecule has 1 aliphatic carbocycles. The molecule has 184 valence electrons. The number of halogens is 3. The molecule has 12 heteroatoms. The molecule has 0 atom stereocenters. The Balaban J connectivity index is 1.46. The number of nitro benzene ring substituents is 1. The van der Waals surface area contributed by atoms with E-state index in [4.69, 9.17) is 0 Å². The third-order valence-corrected chi connectivity index (χ3v) is 6.56. The second-order valence-electron chi connectivity index (χ2n) is 8.48. The molecule has 5 rings (SSSR count). The van der Waals surface area contributed by atoms with Gasteiger partial charge < -0.3 is 5.32 Å². The number of benzene rings is 2. The average Bonchev–Trinajstić information content (AvgIpc) is 3.57. The van der Waals surface area contributed by atoms with Crippen molar-refractivity contribution < 1.29 is 22.9 Å². The van der Waals surface area contributed by atoms with E-state index >= 15 is 0 Å². The number of carbonyl (C=O) groups excluding carboxylic acids is 1. The van der Waals surface area contributed by atoms with Crippen molar-refractivity contribution in [2.75, 3.05) is 5.32 Å². The summed E-state index contributed by atoms with van der Waals surface area (Å²) in [6.07, 6.45) is -3.16. The molecule has 2 aromatic heterocycles. The number of carbonyl (C=O) groups is 1. The first-order valence-corrected chi connectivity index (χ1v) is 11.7. The van der Waals surface area contributed by atoms with Gasteiger partial charge in [0.15, 0.2) is 11.3 Å². The first-order valence-electron chi connectivity index (χ1n) is 10.9. The summed E-state index contributed by atoms with van der Waals surface area (Å²) >= 11 is 1.27. The first-order chi connectivity index (χ1) is 17.1. The van der Waals surface area contributed by atoms with Crippen LogP contribution in [0.4, 0.5) is 24.5 Å². The molecular weight excluding hydrogens is 495 g/mol. The normalized spacial score (nSPS) is 13.7. The van der Waals surface area contributed by atoms with Gasteiger partial charge in [-0.15, -0.1) is 0 Å². The van der Waals surface area contributed by atoms with E-state index in [1.807, 2.05) is 31.2 Å². The fraction of sp³-hybridized carbons (Fsp3) is 0.208. The first kappa shape index (κ1) is 23.8. The van der Waals surface area contributed by atoms with Crippen molar-refractivity contribution in [3.8, 4) is 0 Å². The fourth-order valence-corrected chi connectivity index (χ4v) is 4.56. The Morgan fingerprint density at radius 2 is 1.83 bits per heavy atom. The molecule has 1 N–H and O–H groups in total. The second-order valence-corrected chi connectivity index (χ2v) is 9.63. The largest absolute Gasteiger partial charge is 0.433 e. The van der Waals surface area contributed by atoms with Crippen LogP contribution in [-0.2, 0) is 6.18 Å². The van der Waals surface area contributed by atoms with Crippen LogP contribution in [0, 0.1) is 17.0 Å². The van der Waals surface area contributed by atoms with Crippen LogP contribution >= 0.6 is 11.8 Å². The molecule has 2 aromatic carbocycles. The summed E-state index contributed by atoms with van der Waals surface area (Å²) in [5.41, 5.74) is -0.146. The lowest BCUT2D eigenvalue weighted by molar-refractivity contribution is -0.385. The molecule has 36 heavy (non-hydrogen) atoms. The summed E-state index contributed by atoms with van der Waals surface area (Å²) in [5, 5.41) is 17.8. The van der Waals surface area contributed by atoms with Crippen molar-refractivity contribution in [2.24, 2.45) is 0 Å². The highest BCUT2D eigenvalue weighted by Crippen LogP contribution is 2.41. The zero-order valence-corrected chi connectivity index (χ0v) is 19.6. The molecule has 1 amide bonds. The number of amides is 1. The summed E-state index contributed by atoms with van der Waals surface area (Å²) < 4.78 is 41.6. The number of hydrogen-bond acceptors (Lipinski definition) is 6. The van der Waals surface area contributed by atoms with Crippen molar-refractivity contribution in [1.82, 2.24) is 14.6 Å². The third-order valence-electron chi connectivity index (χ3n) is 5.58. The smallest absolute Gasteiger partial charge is 0.320 e. The molecular formula is C24H18F3N5O3S. The quantitative estimate of drug-likeness (QED) is 0.242. The number of aryl methyl sites for hydroxylation is 1. The van der Waals surface area contributed by atoms with Gasteiger partial charge in [-0.1, -0.05) is 29.5 Å². The van der Waals surface area contributed by atoms with Crippen molar-refractivity contribution in [2.45, 2.75) is 41.7 Å². The molecule has 0 saturated heterocycles. The number of hydrogen-bond donors (Lipinski definition) is 1. The van der Waals surface area contributed by atoms with Gasteiger partial charge in [0, 0.05) is 45.3 Å². The lowest BCUT2D eigenvalue weighted by atomic mass is 10.2. The van der Waals surface area contributed by atoms with Crippen molar-refractivity contribution >= 4 is 34.7 Å². The second kappa shape index (κ2) is 8.94. The summed E-state index contributed by atoms with van der Waals surface area (Å²) in [4.78, 5) is 29.4. The van der Waals surface area contributed by atoms with Gasteiger partial charge in [-0.3, -0.25) is 14.9 Å². The van der Waals surface area contributed by atoms with Crippen molar-refractivity contribution in [3.63, 3.8) is 0 Å². The monoisotopic (exact) mass is 513 g/mol. The molecule has 1 fully saturated rings. The average molecular weight is 514 g/mol. The number of aromatic nitrogens is 3. The Morgan fingerprint density at radius 3 is 2.47 bits per heavy atom. The molecule has 1 aliphatic rings. The van der Waals surface area contributed by atoms with Crippen LogP contribution < -0.4 is 5.32 Å². The number of fused-ring (bicyclic) bond motifs is 1. The number of nitrogens with zero attached hydrogens (tertiary/aromatic N) is 4. The van der Waals surface area contributed by atoms with Crippen LogP contribution in [0.15, 0.2) is 64.4 Å². The maximum absolute atomic E-state index is 13.6. The van der Waals surface area contributed by atoms with E-state index in [-0.39, 0.29) is 28.6 Å². The van der Waals surface area contributed by atoms with Gasteiger partial charge in [0.2, 0.25) is 0 Å². The molecule has 0 bridgehead atoms. The van der Waals surface area contributed by atoms with Gasteiger partial charge in [-0.05, 0) is 44.0 Å². The number of anilines is 1. The van der Waals surface area contributed by atoms with E-state index in [1.54, 1.807) is 6.07 Å². The summed E-state index contributed by atoms with van der Waals surface area (Å²) in [6.45, 7) is 1.94. The summed E-state index contributed by atoms with van der Waals surface area (Å²) in [6, 6.07) is 13.8. The minimum atomic E-state index is -4.69. The number of nitrogens with one attached hydrogen (secondary N) is 1. The maximum atomic E-state index is 13.6. The van der Waals surface area contributed by atoms with E-state index < -0.39 is 22.7 Å². The molecule has 0 unspecified atom stereocenters. The van der Waals surface area contributed by atoms with Crippen molar-refractivity contribution in [3.05, 3.63) is 87.4 Å². The van der Waals surface area contributed by atoms with E-state index in [0.29, 0.717) is 15.1 Å². The zero-order valence-electron chi connectivity index (χ0n) is 18.7. The van der Waals surface area contributed by atoms with E-state index in [1.165, 1.54) is 30.0 Å². The predicted molar refractivity (Wildman–Crippen MR) is 126 cm³/mol. The van der Waals surface area contributed by atoms with Crippen LogP contribution in [0.2, 0.25) is 0 Å². The minimum absolute atomic E-state index is 0.0300. The SMILES string of the molecule is Cc1ccc(Sc2cc(NC(=O)c3cc4nc(C5CC5)cc(C(F)(F)F)n4n3)cc([N+](=O)[O-])c2)cc1. The Hall–Kier alpha value is -3.93. The number of alkyl halides is 3. The van der Waals surface area contributed by atoms with E-state index in [9.17, 15) is 28.1 Å². The number of nitro groups is 1. The van der Waals surface area contributed by atoms with Crippen LogP contribution in [0.1, 0.15) is 46.2 Å². The van der Waals surface area contributed by atoms with Gasteiger partial charge in [0.1, 0.15) is 5.69 Å². The Labute approximate surface area is 206 Å². The Kier molecular flexibility index (Phi) is 5.91. The molecule has 1 saturated carbocycles. The fourth-order valence-electron chi connectivity index (χ4n) is 3.65. The predicted octanol–water partition coefficient (Wildman–Crippen LogP) is 6.25. The minimum Gasteiger partial charge on any atom is -0.320 e. The Bertz CT molecular complexity index is 1500. The molecule has 0 spiro atoms. The topological polar surface area (TPSA) is 102 Å². The van der Waals surface area contributed by atoms with Crippen LogP contribution in [0.25, 0.3) is 5.65 Å². The van der Waals surface area contributed by atoms with Gasteiger partial charge in [0.05, 0.1) is 4.92 Å². The highest BCUT2D eigenvalue weighted by Gasteiger charge is 2.37. The van der Waals surface area contributed by atoms with Crippen LogP contribution in [0.5, 0.6) is 0 Å². The molecule has 4 aromatic rings. The number of rotatable bonds is 6. The van der Waals surface area contributed by atoms with Crippen molar-refractivity contribution in [1.29, 1.82) is 0 Å². The lowest BCUT2D eigenvalue weighted by Crippen LogP contribution is -2.16. The molecule has 0 aliphatic heterocycles. The molecule has 2 heterocycles. The third kappa shape index (κ3) is 5.03. The highest BCUT2D eigenvalue weighted by atomic mass is 32.2. The van der Waals surface area contributed by atoms with Gasteiger partial charge >= 0.3 is 6.18 Å². The highest BCUT2D eigenvalue weighted by molar-refractivity contribution is 7.99. The maximum Gasteiger partial charge on any atom is 0.433 e. The van der Waals surface area contributed by atoms with Crippen LogP contribution in [0.3, 0.4) is 0 Å². The Morgan fingerprint density at radius 1 is 1.11 bits per heavy atom. The standard InChI is InChI=1S/C24H18F3N5O3S/c1-13-2-6-17(7-3-13)36-18-9-15(8-16(10-18)32(34)35)28-23(33)20-12-22-29-19(14-4-5-14)11-21(24(25,26)27)31(22)30-20/h2-3,6-12,14H,4-5H2,1H3,(H,28,33).